The summed E-state index contributed by atoms with van der Waals surface area (Å²) in [6.45, 7) is 7.69. The highest BCUT2D eigenvalue weighted by Gasteiger charge is 2.40. The van der Waals surface area contributed by atoms with E-state index in [4.69, 9.17) is 11.5 Å². The molecule has 0 bridgehead atoms. The largest absolute Gasteiger partial charge is 0.402 e. The fourth-order valence-electron chi connectivity index (χ4n) is 5.59. The van der Waals surface area contributed by atoms with Crippen LogP contribution in [-0.2, 0) is 18.3 Å². The summed E-state index contributed by atoms with van der Waals surface area (Å²) in [6, 6.07) is 1.28. The number of aromatic nitrogens is 1. The van der Waals surface area contributed by atoms with Gasteiger partial charge in [0.25, 0.3) is 5.91 Å². The lowest BCUT2D eigenvalue weighted by molar-refractivity contribution is 0.0107. The maximum Gasteiger partial charge on any atom is 0.250 e. The second kappa shape index (κ2) is 6.84. The van der Waals surface area contributed by atoms with Crippen molar-refractivity contribution < 1.29 is 14.3 Å². The summed E-state index contributed by atoms with van der Waals surface area (Å²) in [7, 11) is 0. The molecular formula is C24H32FN3O2. The lowest BCUT2D eigenvalue weighted by Crippen LogP contribution is -2.35. The SMILES string of the molecule is CC1=C(N)CCCC1(C)c1c(F)cc(C(N)=O)c2[nH]c3c(c12)CC[C@H](C(C)(C)O)C3. The lowest BCUT2D eigenvalue weighted by atomic mass is 9.67. The van der Waals surface area contributed by atoms with E-state index in [-0.39, 0.29) is 11.5 Å². The molecule has 30 heavy (non-hydrogen) atoms. The highest BCUT2D eigenvalue weighted by Crippen LogP contribution is 2.48. The summed E-state index contributed by atoms with van der Waals surface area (Å²) in [4.78, 5) is 15.5. The normalized spacial score (nSPS) is 24.9. The molecule has 0 spiro atoms. The van der Waals surface area contributed by atoms with Gasteiger partial charge >= 0.3 is 0 Å². The first-order valence-electron chi connectivity index (χ1n) is 10.8. The Balaban J connectivity index is 2.03. The van der Waals surface area contributed by atoms with E-state index >= 15 is 4.39 Å². The molecule has 6 heteroatoms. The number of fused-ring (bicyclic) bond motifs is 3. The minimum Gasteiger partial charge on any atom is -0.402 e. The third-order valence-electron chi connectivity index (χ3n) is 7.66. The number of aromatic amines is 1. The molecule has 0 saturated heterocycles. The quantitative estimate of drug-likeness (QED) is 0.612. The van der Waals surface area contributed by atoms with Gasteiger partial charge in [0, 0.05) is 27.8 Å². The summed E-state index contributed by atoms with van der Waals surface area (Å²) in [5.41, 5.74) is 15.8. The number of allylic oxidation sites excluding steroid dienone is 2. The first-order chi connectivity index (χ1) is 13.9. The van der Waals surface area contributed by atoms with Crippen molar-refractivity contribution in [3.63, 3.8) is 0 Å². The zero-order chi connectivity index (χ0) is 22.0. The van der Waals surface area contributed by atoms with E-state index in [0.29, 0.717) is 23.9 Å². The van der Waals surface area contributed by atoms with E-state index in [1.165, 1.54) is 6.07 Å². The van der Waals surface area contributed by atoms with Crippen molar-refractivity contribution in [3.8, 4) is 0 Å². The Morgan fingerprint density at radius 1 is 1.37 bits per heavy atom. The predicted octanol–water partition coefficient (Wildman–Crippen LogP) is 3.96. The van der Waals surface area contributed by atoms with Gasteiger partial charge in [0.05, 0.1) is 16.7 Å². The molecule has 4 rings (SSSR count). The topological polar surface area (TPSA) is 105 Å². The number of hydrogen-bond acceptors (Lipinski definition) is 3. The Hall–Kier alpha value is -2.34. The zero-order valence-corrected chi connectivity index (χ0v) is 18.3. The van der Waals surface area contributed by atoms with Crippen molar-refractivity contribution in [1.82, 2.24) is 4.98 Å². The first-order valence-corrected chi connectivity index (χ1v) is 10.8. The molecule has 162 valence electrons. The predicted molar refractivity (Wildman–Crippen MR) is 117 cm³/mol. The Bertz CT molecular complexity index is 1080. The molecule has 1 aromatic heterocycles. The van der Waals surface area contributed by atoms with Crippen LogP contribution in [0.4, 0.5) is 4.39 Å². The van der Waals surface area contributed by atoms with Crippen molar-refractivity contribution in [2.45, 2.75) is 77.2 Å². The molecule has 1 aromatic carbocycles. The summed E-state index contributed by atoms with van der Waals surface area (Å²) >= 11 is 0. The lowest BCUT2D eigenvalue weighted by Gasteiger charge is -2.38. The van der Waals surface area contributed by atoms with Crippen LogP contribution in [0, 0.1) is 11.7 Å². The number of carbonyl (C=O) groups excluding carboxylic acids is 1. The highest BCUT2D eigenvalue weighted by molar-refractivity contribution is 6.07. The minimum atomic E-state index is -0.807. The average Bonchev–Trinajstić information content (AvgIpc) is 3.02. The fraction of sp³-hybridized carbons (Fsp3) is 0.542. The molecule has 2 aromatic rings. The van der Waals surface area contributed by atoms with Gasteiger partial charge in [-0.3, -0.25) is 4.79 Å². The van der Waals surface area contributed by atoms with E-state index in [0.717, 1.165) is 53.6 Å². The number of aliphatic hydroxyl groups is 1. The fourth-order valence-corrected chi connectivity index (χ4v) is 5.59. The molecular weight excluding hydrogens is 381 g/mol. The molecule has 5 nitrogen and oxygen atoms in total. The second-order valence-electron chi connectivity index (χ2n) is 9.91. The van der Waals surface area contributed by atoms with Gasteiger partial charge < -0.3 is 21.6 Å². The van der Waals surface area contributed by atoms with Crippen LogP contribution in [0.15, 0.2) is 17.3 Å². The van der Waals surface area contributed by atoms with Crippen molar-refractivity contribution in [1.29, 1.82) is 0 Å². The molecule has 0 saturated carbocycles. The standard InChI is InChI=1S/C24H32FN3O2/c1-12-17(26)6-5-9-24(12,4)20-16(25)11-15(22(27)29)21-19(20)14-8-7-13(23(2,3)30)10-18(14)28-21/h11,13,28,30H,5-10,26H2,1-4H3,(H2,27,29)/t13-,24?/m0/s1. The zero-order valence-electron chi connectivity index (χ0n) is 18.3. The van der Waals surface area contributed by atoms with Crippen molar-refractivity contribution in [2.24, 2.45) is 17.4 Å². The molecule has 0 aliphatic heterocycles. The van der Waals surface area contributed by atoms with Crippen LogP contribution in [0.3, 0.4) is 0 Å². The summed E-state index contributed by atoms with van der Waals surface area (Å²) < 4.78 is 15.7. The van der Waals surface area contributed by atoms with Crippen LogP contribution in [0.1, 0.15) is 80.6 Å². The van der Waals surface area contributed by atoms with Crippen LogP contribution < -0.4 is 11.5 Å². The van der Waals surface area contributed by atoms with Crippen LogP contribution in [0.25, 0.3) is 10.9 Å². The van der Waals surface area contributed by atoms with E-state index in [1.807, 2.05) is 20.8 Å². The molecule has 6 N–H and O–H groups in total. The van der Waals surface area contributed by atoms with Gasteiger partial charge in [-0.1, -0.05) is 6.92 Å². The van der Waals surface area contributed by atoms with Crippen LogP contribution >= 0.6 is 0 Å². The molecule has 2 aliphatic rings. The Morgan fingerprint density at radius 3 is 2.70 bits per heavy atom. The van der Waals surface area contributed by atoms with Crippen LogP contribution in [-0.4, -0.2) is 21.6 Å². The van der Waals surface area contributed by atoms with Gasteiger partial charge in [0.15, 0.2) is 0 Å². The summed E-state index contributed by atoms with van der Waals surface area (Å²) in [6.07, 6.45) is 4.69. The van der Waals surface area contributed by atoms with Gasteiger partial charge in [-0.2, -0.15) is 0 Å². The van der Waals surface area contributed by atoms with Gasteiger partial charge in [-0.25, -0.2) is 4.39 Å². The maximum atomic E-state index is 15.7. The number of halogens is 1. The van der Waals surface area contributed by atoms with Crippen molar-refractivity contribution in [2.75, 3.05) is 0 Å². The number of hydrogen-bond donors (Lipinski definition) is 4. The number of nitrogens with two attached hydrogens (primary N) is 2. The van der Waals surface area contributed by atoms with Crippen LogP contribution in [0.5, 0.6) is 0 Å². The number of nitrogens with one attached hydrogen (secondary N) is 1. The maximum absolute atomic E-state index is 15.7. The van der Waals surface area contributed by atoms with Crippen LogP contribution in [0.2, 0.25) is 0 Å². The number of rotatable bonds is 3. The molecule has 1 amide bonds. The third kappa shape index (κ3) is 3.04. The van der Waals surface area contributed by atoms with Gasteiger partial charge in [-0.15, -0.1) is 0 Å². The van der Waals surface area contributed by atoms with Gasteiger partial charge in [-0.05, 0) is 82.4 Å². The monoisotopic (exact) mass is 413 g/mol. The second-order valence-corrected chi connectivity index (χ2v) is 9.91. The molecule has 1 heterocycles. The molecule has 2 aliphatic carbocycles. The number of carbonyl (C=O) groups is 1. The minimum absolute atomic E-state index is 0.0888. The summed E-state index contributed by atoms with van der Waals surface area (Å²) in [5, 5.41) is 11.3. The van der Waals surface area contributed by atoms with Gasteiger partial charge in [0.1, 0.15) is 5.82 Å². The molecule has 2 atom stereocenters. The smallest absolute Gasteiger partial charge is 0.250 e. The third-order valence-corrected chi connectivity index (χ3v) is 7.66. The number of aryl methyl sites for hydroxylation is 1. The number of benzene rings is 1. The van der Waals surface area contributed by atoms with Gasteiger partial charge in [0.2, 0.25) is 0 Å². The molecule has 1 unspecified atom stereocenters. The van der Waals surface area contributed by atoms with E-state index in [1.54, 1.807) is 0 Å². The number of amides is 1. The van der Waals surface area contributed by atoms with E-state index < -0.39 is 22.7 Å². The summed E-state index contributed by atoms with van der Waals surface area (Å²) in [5.74, 6) is -0.964. The van der Waals surface area contributed by atoms with E-state index in [9.17, 15) is 9.90 Å². The van der Waals surface area contributed by atoms with Crippen molar-refractivity contribution in [3.05, 3.63) is 45.5 Å². The van der Waals surface area contributed by atoms with E-state index in [2.05, 4.69) is 11.9 Å². The average molecular weight is 414 g/mol. The Labute approximate surface area is 176 Å². The number of H-pyrrole nitrogens is 1. The highest BCUT2D eigenvalue weighted by atomic mass is 19.1. The first kappa shape index (κ1) is 20.9. The number of primary amides is 1. The molecule has 0 radical (unpaired) electrons. The Kier molecular flexibility index (Phi) is 4.77. The van der Waals surface area contributed by atoms with Crippen molar-refractivity contribution >= 4 is 16.8 Å². The molecule has 0 fully saturated rings. The Morgan fingerprint density at radius 2 is 2.07 bits per heavy atom.